The molecule has 2 saturated heterocycles. The van der Waals surface area contributed by atoms with Gasteiger partial charge in [-0.1, -0.05) is 57.2 Å². The molecule has 0 unspecified atom stereocenters. The van der Waals surface area contributed by atoms with Crippen molar-refractivity contribution in [2.75, 3.05) is 86.3 Å². The van der Waals surface area contributed by atoms with E-state index in [1.165, 1.54) is 27.4 Å². The first-order valence-electron chi connectivity index (χ1n) is 27.2. The highest BCUT2D eigenvalue weighted by atomic mass is 32.2. The number of aliphatic hydroxyl groups is 1. The number of thiophene rings is 1. The molecule has 0 bridgehead atoms. The Labute approximate surface area is 478 Å². The second-order valence-corrected chi connectivity index (χ2v) is 22.5. The largest absolute Gasteiger partial charge is 0.493 e. The molecule has 18 nitrogen and oxygen atoms in total. The number of aryl methyl sites for hydroxylation is 2. The van der Waals surface area contributed by atoms with Crippen LogP contribution in [0.25, 0.3) is 21.4 Å². The number of nitrogens with zero attached hydrogens (tertiary/aromatic N) is 3. The number of thioether (sulfide) groups is 1. The maximum atomic E-state index is 13.9. The number of nitrogens with one attached hydrogen (secondary N) is 2. The number of methoxy groups -OCH3 is 1. The molecule has 0 aliphatic carbocycles. The van der Waals surface area contributed by atoms with E-state index >= 15 is 0 Å². The Hall–Kier alpha value is -6.15. The molecular formula is C60H77N5O13S2. The van der Waals surface area contributed by atoms with Gasteiger partial charge < -0.3 is 53.8 Å². The lowest BCUT2D eigenvalue weighted by atomic mass is 9.85. The maximum Gasteiger partial charge on any atom is 0.293 e. The van der Waals surface area contributed by atoms with Gasteiger partial charge in [0.1, 0.15) is 24.4 Å². The van der Waals surface area contributed by atoms with E-state index in [1.54, 1.807) is 53.8 Å². The Balaban J connectivity index is 0.727. The van der Waals surface area contributed by atoms with Crippen LogP contribution in [0.3, 0.4) is 0 Å². The minimum Gasteiger partial charge on any atom is -0.493 e. The number of carbonyl (C=O) groups excluding carboxylic acids is 5. The molecule has 3 aromatic carbocycles. The summed E-state index contributed by atoms with van der Waals surface area (Å²) in [7, 11) is 1.52. The summed E-state index contributed by atoms with van der Waals surface area (Å²) < 4.78 is 40.0. The normalized spacial score (nSPS) is 16.3. The molecule has 4 aromatic rings. The molecule has 0 radical (unpaired) electrons. The number of hydrogen-bond donors (Lipinski definition) is 3. The fourth-order valence-electron chi connectivity index (χ4n) is 8.85. The van der Waals surface area contributed by atoms with E-state index < -0.39 is 35.4 Å². The van der Waals surface area contributed by atoms with Crippen LogP contribution in [-0.2, 0) is 49.4 Å². The molecule has 2 fully saturated rings. The number of amides is 5. The molecule has 1 aromatic heterocycles. The van der Waals surface area contributed by atoms with Crippen LogP contribution in [0.2, 0.25) is 0 Å². The van der Waals surface area contributed by atoms with Crippen LogP contribution >= 0.6 is 23.1 Å². The van der Waals surface area contributed by atoms with Crippen molar-refractivity contribution >= 4 is 63.7 Å². The van der Waals surface area contributed by atoms with Crippen molar-refractivity contribution in [1.82, 2.24) is 20.4 Å². The molecule has 20 heteroatoms. The predicted octanol–water partition coefficient (Wildman–Crippen LogP) is 9.65. The molecule has 3 atom stereocenters. The summed E-state index contributed by atoms with van der Waals surface area (Å²) in [6.07, 6.45) is 6.44. The monoisotopic (exact) mass is 1140 g/mol. The van der Waals surface area contributed by atoms with E-state index in [4.69, 9.17) is 39.7 Å². The van der Waals surface area contributed by atoms with Gasteiger partial charge in [0.05, 0.1) is 64.3 Å². The highest BCUT2D eigenvalue weighted by Gasteiger charge is 2.44. The van der Waals surface area contributed by atoms with Crippen molar-refractivity contribution in [1.29, 1.82) is 0 Å². The molecule has 5 amide bonds. The first kappa shape index (κ1) is 63.0. The fraction of sp³-hybridized carbons (Fsp3) is 0.500. The number of benzene rings is 3. The lowest BCUT2D eigenvalue weighted by Crippen LogP contribution is -2.58. The second kappa shape index (κ2) is 32.3. The Morgan fingerprint density at radius 1 is 0.787 bits per heavy atom. The quantitative estimate of drug-likeness (QED) is 0.0231. The third-order valence-corrected chi connectivity index (χ3v) is 15.3. The van der Waals surface area contributed by atoms with Gasteiger partial charge in [-0.15, -0.1) is 11.3 Å². The third-order valence-electron chi connectivity index (χ3n) is 13.3. The third kappa shape index (κ3) is 19.5. The van der Waals surface area contributed by atoms with Crippen molar-refractivity contribution < 1.29 is 62.2 Å². The topological polar surface area (TPSA) is 205 Å². The minimum atomic E-state index is -0.949. The zero-order chi connectivity index (χ0) is 57.4. The van der Waals surface area contributed by atoms with Crippen molar-refractivity contribution in [3.8, 4) is 27.7 Å². The number of rotatable bonds is 33. The van der Waals surface area contributed by atoms with Gasteiger partial charge in [0.2, 0.25) is 17.7 Å². The lowest BCUT2D eigenvalue weighted by molar-refractivity contribution is -0.144. The maximum absolute atomic E-state index is 13.9. The number of β-amino-alcohol motifs (C(OH)–C–C–N with tert-alkyl or cyclic N) is 1. The summed E-state index contributed by atoms with van der Waals surface area (Å²) in [5.74, 6) is -0.111. The average molecular weight is 1140 g/mol. The first-order valence-corrected chi connectivity index (χ1v) is 28.9. The predicted molar refractivity (Wildman–Crippen MR) is 309 cm³/mol. The molecular weight excluding hydrogens is 1060 g/mol. The van der Waals surface area contributed by atoms with E-state index in [-0.39, 0.29) is 62.9 Å². The molecule has 0 saturated carbocycles. The molecule has 80 heavy (non-hydrogen) atoms. The van der Waals surface area contributed by atoms with E-state index in [2.05, 4.69) is 33.8 Å². The highest BCUT2D eigenvalue weighted by Crippen LogP contribution is 2.38. The molecule has 0 spiro atoms. The molecule has 6 rings (SSSR count). The number of aliphatic hydroxyl groups excluding tert-OH is 1. The minimum absolute atomic E-state index is 0.00664. The van der Waals surface area contributed by atoms with Crippen LogP contribution in [0.4, 0.5) is 10.5 Å². The van der Waals surface area contributed by atoms with Crippen molar-refractivity contribution in [3.05, 3.63) is 111 Å². The summed E-state index contributed by atoms with van der Waals surface area (Å²) in [4.78, 5) is 73.6. The van der Waals surface area contributed by atoms with Crippen LogP contribution in [-0.4, -0.2) is 148 Å². The van der Waals surface area contributed by atoms with Crippen LogP contribution in [0.1, 0.15) is 88.0 Å². The van der Waals surface area contributed by atoms with Crippen molar-refractivity contribution in [2.24, 2.45) is 5.41 Å². The van der Waals surface area contributed by atoms with E-state index in [0.29, 0.717) is 79.7 Å². The van der Waals surface area contributed by atoms with Crippen LogP contribution < -0.4 is 20.1 Å². The number of hydrogen-bond acceptors (Lipinski definition) is 15. The Kier molecular flexibility index (Phi) is 25.5. The van der Waals surface area contributed by atoms with Crippen LogP contribution in [0, 0.1) is 25.8 Å². The van der Waals surface area contributed by atoms with E-state index in [1.807, 2.05) is 52.0 Å². The Bertz CT molecular complexity index is 2750. The number of unbranched alkanes of at least 4 members (excludes halogenated alkanes) is 4. The van der Waals surface area contributed by atoms with Gasteiger partial charge in [0.25, 0.3) is 11.1 Å². The number of carbonyl (C=O) groups is 5. The average Bonchev–Trinajstić information content (AvgIpc) is 4.20. The second-order valence-electron chi connectivity index (χ2n) is 20.6. The van der Waals surface area contributed by atoms with Gasteiger partial charge >= 0.3 is 0 Å². The number of likely N-dealkylation sites (tertiary alicyclic amines) is 1. The molecule has 432 valence electrons. The summed E-state index contributed by atoms with van der Waals surface area (Å²) in [5, 5.41) is 18.0. The zero-order valence-corrected chi connectivity index (χ0v) is 48.5. The summed E-state index contributed by atoms with van der Waals surface area (Å²) in [6.45, 7) is 20.8. The first-order chi connectivity index (χ1) is 38.6. The van der Waals surface area contributed by atoms with Crippen molar-refractivity contribution in [3.63, 3.8) is 0 Å². The lowest BCUT2D eigenvalue weighted by Gasteiger charge is -2.35. The van der Waals surface area contributed by atoms with Gasteiger partial charge in [0, 0.05) is 50.8 Å². The van der Waals surface area contributed by atoms with Crippen LogP contribution in [0.15, 0.2) is 77.0 Å². The Morgan fingerprint density at radius 2 is 1.43 bits per heavy atom. The van der Waals surface area contributed by atoms with Crippen LogP contribution in [0.5, 0.6) is 17.2 Å². The van der Waals surface area contributed by atoms with Gasteiger partial charge in [-0.05, 0) is 139 Å². The molecule has 2 aliphatic heterocycles. The summed E-state index contributed by atoms with van der Waals surface area (Å²) in [6, 6.07) is 18.7. The van der Waals surface area contributed by atoms with E-state index in [0.717, 1.165) is 67.0 Å². The number of ether oxygens (including phenoxy) is 7. The van der Waals surface area contributed by atoms with Gasteiger partial charge in [-0.3, -0.25) is 28.9 Å². The summed E-state index contributed by atoms with van der Waals surface area (Å²) in [5.41, 5.74) is 4.55. The SMILES string of the molecule is [C-]#[N+]c1ccc(Oc2ccc(/C=C3\SC(=O)N(CCOCCOCCCCCOCCCCCOCCOCC(=O)N[C@H](C(=O)N4C[C@H](O)C[C@H]4C(=O)NCc4ccc(-c5sccc5C)cc4)C(C)(C)C)C3=O)cc2OC)c(C)c1. The smallest absolute Gasteiger partial charge is 0.293 e. The Morgan fingerprint density at radius 3 is 2.04 bits per heavy atom. The fourth-order valence-corrected chi connectivity index (χ4v) is 10.6. The van der Waals surface area contributed by atoms with Crippen molar-refractivity contribution in [2.45, 2.75) is 104 Å². The molecule has 2 aliphatic rings. The highest BCUT2D eigenvalue weighted by molar-refractivity contribution is 8.18. The number of imide groups is 1. The molecule has 3 N–H and O–H groups in total. The summed E-state index contributed by atoms with van der Waals surface area (Å²) >= 11 is 2.56. The van der Waals surface area contributed by atoms with Gasteiger partial charge in [-0.2, -0.15) is 0 Å². The standard InChI is InChI=1S/C60H77N5O13S2/c1-41-22-33-79-54(41)45-17-14-43(15-18-45)38-62-56(68)48-37-47(66)39-65(48)58(70)55(60(3,4)5)63-53(67)40-77-32-31-75-27-13-9-11-25-73-24-10-8-12-26-74-29-30-76-28-23-64-57(69)52(80-59(64)71)36-44-16-20-50(51(35-44)72-7)78-49-21-19-46(61-6)34-42(49)2/h14-22,33-36,47-48,55,66H,8-13,23-32,37-40H2,1-5,7H3,(H,62,68)(H,63,67)/b52-36-/t47-,48+,55-/m1/s1. The molecule has 3 heterocycles. The van der Waals surface area contributed by atoms with Gasteiger partial charge in [0.15, 0.2) is 17.2 Å². The van der Waals surface area contributed by atoms with E-state index in [9.17, 15) is 29.1 Å². The van der Waals surface area contributed by atoms with Gasteiger partial charge in [-0.25, -0.2) is 4.85 Å². The zero-order valence-electron chi connectivity index (χ0n) is 46.9.